The third-order valence-electron chi connectivity index (χ3n) is 5.16. The van der Waals surface area contributed by atoms with Crippen LogP contribution in [-0.2, 0) is 6.42 Å². The van der Waals surface area contributed by atoms with Gasteiger partial charge in [0.1, 0.15) is 0 Å². The van der Waals surface area contributed by atoms with Crippen molar-refractivity contribution in [1.82, 2.24) is 24.4 Å². The Balaban J connectivity index is 1.71. The average Bonchev–Trinajstić information content (AvgIpc) is 3.23. The Morgan fingerprint density at radius 3 is 2.68 bits per heavy atom. The Hall–Kier alpha value is -1.52. The molecule has 1 aliphatic heterocycles. The van der Waals surface area contributed by atoms with E-state index in [-0.39, 0.29) is 18.5 Å². The third kappa shape index (κ3) is 3.81. The molecule has 0 aliphatic carbocycles. The molecule has 1 unspecified atom stereocenters. The highest BCUT2D eigenvalue weighted by Crippen LogP contribution is 2.40. The second kappa shape index (κ2) is 8.46. The Bertz CT molecular complexity index is 951. The fourth-order valence-corrected chi connectivity index (χ4v) is 5.26. The number of hydrogen-bond donors (Lipinski definition) is 2. The van der Waals surface area contributed by atoms with E-state index in [1.54, 1.807) is 4.52 Å². The quantitative estimate of drug-likeness (QED) is 0.582. The van der Waals surface area contributed by atoms with Gasteiger partial charge in [0.25, 0.3) is 0 Å². The molecule has 0 spiro atoms. The molecule has 7 nitrogen and oxygen atoms in total. The number of thiazole rings is 1. The number of rotatable bonds is 6. The first kappa shape index (κ1) is 19.8. The van der Waals surface area contributed by atoms with Gasteiger partial charge in [0.15, 0.2) is 5.82 Å². The van der Waals surface area contributed by atoms with Crippen molar-refractivity contribution in [1.29, 1.82) is 0 Å². The van der Waals surface area contributed by atoms with Crippen molar-refractivity contribution < 1.29 is 10.2 Å². The molecule has 2 N–H and O–H groups in total. The van der Waals surface area contributed by atoms with Gasteiger partial charge in [0, 0.05) is 43.6 Å². The second-order valence-corrected chi connectivity index (χ2v) is 8.85. The largest absolute Gasteiger partial charge is 0.492 e. The van der Waals surface area contributed by atoms with E-state index in [1.165, 1.54) is 11.3 Å². The van der Waals surface area contributed by atoms with Crippen molar-refractivity contribution in [2.45, 2.75) is 19.4 Å². The summed E-state index contributed by atoms with van der Waals surface area (Å²) in [6.45, 7) is 6.42. The van der Waals surface area contributed by atoms with E-state index in [0.717, 1.165) is 58.3 Å². The van der Waals surface area contributed by atoms with E-state index >= 15 is 0 Å². The van der Waals surface area contributed by atoms with Crippen molar-refractivity contribution in [2.75, 3.05) is 39.3 Å². The lowest BCUT2D eigenvalue weighted by Crippen LogP contribution is -2.48. The molecule has 1 aliphatic rings. The second-order valence-electron chi connectivity index (χ2n) is 6.92. The number of hydrogen-bond acceptors (Lipinski definition) is 7. The maximum atomic E-state index is 11.0. The highest BCUT2D eigenvalue weighted by molar-refractivity contribution is 9.10. The molecule has 1 atom stereocenters. The molecule has 150 valence electrons. The minimum atomic E-state index is -0.0626. The zero-order valence-electron chi connectivity index (χ0n) is 15.8. The first-order valence-corrected chi connectivity index (χ1v) is 11.1. The highest BCUT2D eigenvalue weighted by atomic mass is 79.9. The van der Waals surface area contributed by atoms with Crippen LogP contribution in [-0.4, -0.2) is 73.9 Å². The molecule has 1 aromatic carbocycles. The van der Waals surface area contributed by atoms with Gasteiger partial charge in [-0.25, -0.2) is 4.98 Å². The van der Waals surface area contributed by atoms with Crippen LogP contribution >= 0.6 is 27.3 Å². The van der Waals surface area contributed by atoms with Crippen LogP contribution in [0, 0.1) is 0 Å². The maximum Gasteiger partial charge on any atom is 0.230 e. The Labute approximate surface area is 176 Å². The van der Waals surface area contributed by atoms with Gasteiger partial charge < -0.3 is 10.2 Å². The number of aliphatic hydroxyl groups is 1. The van der Waals surface area contributed by atoms with Crippen LogP contribution in [0.5, 0.6) is 5.88 Å². The predicted molar refractivity (Wildman–Crippen MR) is 113 cm³/mol. The fraction of sp³-hybridized carbons (Fsp3) is 0.474. The van der Waals surface area contributed by atoms with Crippen molar-refractivity contribution in [2.24, 2.45) is 0 Å². The zero-order valence-corrected chi connectivity index (χ0v) is 18.2. The van der Waals surface area contributed by atoms with Crippen molar-refractivity contribution in [3.63, 3.8) is 0 Å². The van der Waals surface area contributed by atoms with Crippen LogP contribution in [0.2, 0.25) is 0 Å². The average molecular weight is 466 g/mol. The molecule has 0 saturated carbocycles. The van der Waals surface area contributed by atoms with Gasteiger partial charge in [-0.1, -0.05) is 46.3 Å². The Kier molecular flexibility index (Phi) is 5.98. The van der Waals surface area contributed by atoms with Crippen molar-refractivity contribution in [3.05, 3.63) is 45.0 Å². The lowest BCUT2D eigenvalue weighted by atomic mass is 10.0. The van der Waals surface area contributed by atoms with E-state index in [4.69, 9.17) is 0 Å². The summed E-state index contributed by atoms with van der Waals surface area (Å²) >= 11 is 5.08. The number of nitrogens with zero attached hydrogens (tertiary/aromatic N) is 5. The van der Waals surface area contributed by atoms with Gasteiger partial charge in [-0.05, 0) is 17.7 Å². The number of benzene rings is 1. The highest BCUT2D eigenvalue weighted by Gasteiger charge is 2.31. The lowest BCUT2D eigenvalue weighted by Gasteiger charge is -2.39. The van der Waals surface area contributed by atoms with E-state index in [1.807, 2.05) is 19.1 Å². The van der Waals surface area contributed by atoms with Gasteiger partial charge in [0.2, 0.25) is 10.8 Å². The summed E-state index contributed by atoms with van der Waals surface area (Å²) in [7, 11) is 0. The molecule has 4 rings (SSSR count). The predicted octanol–water partition coefficient (Wildman–Crippen LogP) is 2.52. The molecule has 0 amide bonds. The molecule has 0 radical (unpaired) electrons. The molecular weight excluding hydrogens is 442 g/mol. The van der Waals surface area contributed by atoms with E-state index in [2.05, 4.69) is 47.9 Å². The molecule has 28 heavy (non-hydrogen) atoms. The van der Waals surface area contributed by atoms with Crippen molar-refractivity contribution in [3.8, 4) is 5.88 Å². The number of halogens is 1. The number of piperazine rings is 1. The van der Waals surface area contributed by atoms with Gasteiger partial charge >= 0.3 is 0 Å². The van der Waals surface area contributed by atoms with E-state index in [9.17, 15) is 10.2 Å². The van der Waals surface area contributed by atoms with Crippen LogP contribution in [0.1, 0.15) is 29.2 Å². The Morgan fingerprint density at radius 2 is 2.04 bits per heavy atom. The van der Waals surface area contributed by atoms with E-state index in [0.29, 0.717) is 6.54 Å². The molecule has 1 saturated heterocycles. The summed E-state index contributed by atoms with van der Waals surface area (Å²) in [6.07, 6.45) is 0.741. The minimum absolute atomic E-state index is 0.0626. The smallest absolute Gasteiger partial charge is 0.230 e. The van der Waals surface area contributed by atoms with Gasteiger partial charge in [-0.2, -0.15) is 4.52 Å². The molecule has 0 bridgehead atoms. The first-order valence-electron chi connectivity index (χ1n) is 9.50. The standard InChI is InChI=1S/C19H24BrN5O2S/c1-2-15-21-19-25(22-15)18(27)17(28-19)16(13-4-3-5-14(20)12-13)24-8-6-23(7-9-24)10-11-26/h3-5,12,16,26-27H,2,6-11H2,1H3. The summed E-state index contributed by atoms with van der Waals surface area (Å²) < 4.78 is 2.58. The maximum absolute atomic E-state index is 11.0. The third-order valence-corrected chi connectivity index (χ3v) is 6.73. The normalized spacial score (nSPS) is 17.4. The topological polar surface area (TPSA) is 77.1 Å². The van der Waals surface area contributed by atoms with Gasteiger partial charge in [-0.15, -0.1) is 5.10 Å². The van der Waals surface area contributed by atoms with E-state index < -0.39 is 0 Å². The van der Waals surface area contributed by atoms with Crippen LogP contribution in [0.3, 0.4) is 0 Å². The Morgan fingerprint density at radius 1 is 1.25 bits per heavy atom. The van der Waals surface area contributed by atoms with Crippen LogP contribution in [0.25, 0.3) is 4.96 Å². The summed E-state index contributed by atoms with van der Waals surface area (Å²) in [5.41, 5.74) is 1.13. The number of aromatic nitrogens is 3. The summed E-state index contributed by atoms with van der Waals surface area (Å²) in [4.78, 5) is 10.8. The summed E-state index contributed by atoms with van der Waals surface area (Å²) in [5.74, 6) is 0.916. The number of aromatic hydroxyl groups is 1. The van der Waals surface area contributed by atoms with Crippen LogP contribution in [0.15, 0.2) is 28.7 Å². The number of fused-ring (bicyclic) bond motifs is 1. The first-order chi connectivity index (χ1) is 13.6. The monoisotopic (exact) mass is 465 g/mol. The minimum Gasteiger partial charge on any atom is -0.492 e. The lowest BCUT2D eigenvalue weighted by molar-refractivity contribution is 0.0945. The number of aliphatic hydroxyl groups excluding tert-OH is 1. The molecule has 9 heteroatoms. The van der Waals surface area contributed by atoms with Gasteiger partial charge in [-0.3, -0.25) is 9.80 Å². The molecule has 3 heterocycles. The molecule has 2 aromatic heterocycles. The molecule has 3 aromatic rings. The number of aryl methyl sites for hydroxylation is 1. The van der Waals surface area contributed by atoms with Gasteiger partial charge in [0.05, 0.1) is 17.5 Å². The summed E-state index contributed by atoms with van der Waals surface area (Å²) in [5, 5.41) is 24.6. The van der Waals surface area contributed by atoms with Crippen LogP contribution < -0.4 is 0 Å². The molecular formula is C19H24BrN5O2S. The van der Waals surface area contributed by atoms with Crippen LogP contribution in [0.4, 0.5) is 0 Å². The zero-order chi connectivity index (χ0) is 19.7. The number of β-amino-alcohol motifs (C(OH)–C–C–N with tert-alkyl or cyclic N) is 1. The SMILES string of the molecule is CCc1nc2sc(C(c3cccc(Br)c3)N3CCN(CCO)CC3)c(O)n2n1. The fourth-order valence-electron chi connectivity index (χ4n) is 3.71. The summed E-state index contributed by atoms with van der Waals surface area (Å²) in [6, 6.07) is 8.18. The van der Waals surface area contributed by atoms with Crippen molar-refractivity contribution >= 4 is 32.2 Å². The molecule has 1 fully saturated rings.